The minimum atomic E-state index is -0.0570. The van der Waals surface area contributed by atoms with E-state index in [1.165, 1.54) is 5.52 Å². The van der Waals surface area contributed by atoms with Crippen molar-refractivity contribution in [2.24, 2.45) is 7.05 Å². The average Bonchev–Trinajstić information content (AvgIpc) is 2.96. The molecule has 0 unspecified atom stereocenters. The van der Waals surface area contributed by atoms with Gasteiger partial charge in [-0.1, -0.05) is 12.1 Å². The van der Waals surface area contributed by atoms with Gasteiger partial charge < -0.3 is 9.88 Å². The number of aryl methyl sites for hydroxylation is 2. The summed E-state index contributed by atoms with van der Waals surface area (Å²) in [5.41, 5.74) is 4.59. The number of benzene rings is 1. The molecule has 3 aromatic heterocycles. The molecule has 0 saturated carbocycles. The van der Waals surface area contributed by atoms with Crippen LogP contribution < -0.4 is 10.9 Å². The van der Waals surface area contributed by atoms with Crippen LogP contribution in [0.4, 0.5) is 5.69 Å². The predicted molar refractivity (Wildman–Crippen MR) is 96.4 cm³/mol. The number of fused-ring (bicyclic) bond motifs is 2. The highest BCUT2D eigenvalue weighted by Crippen LogP contribution is 2.24. The van der Waals surface area contributed by atoms with E-state index in [1.54, 1.807) is 16.7 Å². The molecule has 0 atom stereocenters. The Bertz CT molecular complexity index is 1110. The number of rotatable bonds is 3. The Morgan fingerprint density at radius 2 is 2.00 bits per heavy atom. The van der Waals surface area contributed by atoms with Gasteiger partial charge in [0, 0.05) is 42.1 Å². The summed E-state index contributed by atoms with van der Waals surface area (Å²) < 4.78 is 3.67. The van der Waals surface area contributed by atoms with Gasteiger partial charge in [-0.3, -0.25) is 9.20 Å². The third kappa shape index (κ3) is 2.34. The molecule has 120 valence electrons. The molecule has 0 spiro atoms. The smallest absolute Gasteiger partial charge is 0.258 e. The summed E-state index contributed by atoms with van der Waals surface area (Å²) in [5.74, 6) is 0. The van der Waals surface area contributed by atoms with Crippen LogP contribution in [0.25, 0.3) is 16.6 Å². The Morgan fingerprint density at radius 1 is 1.12 bits per heavy atom. The molecule has 0 aliphatic heterocycles. The summed E-state index contributed by atoms with van der Waals surface area (Å²) in [6.45, 7) is 2.47. The van der Waals surface area contributed by atoms with E-state index in [9.17, 15) is 4.79 Å². The summed E-state index contributed by atoms with van der Waals surface area (Å²) in [6, 6.07) is 13.7. The maximum absolute atomic E-state index is 12.3. The van der Waals surface area contributed by atoms with Crippen LogP contribution in [0, 0.1) is 6.92 Å². The molecule has 5 heteroatoms. The zero-order chi connectivity index (χ0) is 16.7. The van der Waals surface area contributed by atoms with Gasteiger partial charge in [0.2, 0.25) is 0 Å². The molecular weight excluding hydrogens is 300 g/mol. The SMILES string of the molecule is Cc1cccn2c(=O)cc(CNc3cccc4c3ccn4C)nc12. The third-order valence-electron chi connectivity index (χ3n) is 4.33. The average molecular weight is 318 g/mol. The van der Waals surface area contributed by atoms with Gasteiger partial charge in [-0.05, 0) is 36.8 Å². The highest BCUT2D eigenvalue weighted by atomic mass is 16.1. The maximum Gasteiger partial charge on any atom is 0.258 e. The van der Waals surface area contributed by atoms with Crippen molar-refractivity contribution >= 4 is 22.2 Å². The lowest BCUT2D eigenvalue weighted by atomic mass is 10.2. The van der Waals surface area contributed by atoms with Gasteiger partial charge in [-0.25, -0.2) is 4.98 Å². The van der Waals surface area contributed by atoms with Gasteiger partial charge >= 0.3 is 0 Å². The van der Waals surface area contributed by atoms with Gasteiger partial charge in [0.25, 0.3) is 5.56 Å². The van der Waals surface area contributed by atoms with Gasteiger partial charge in [0.15, 0.2) is 0 Å². The molecule has 0 fully saturated rings. The van der Waals surface area contributed by atoms with E-state index in [4.69, 9.17) is 0 Å². The lowest BCUT2D eigenvalue weighted by Crippen LogP contribution is -2.17. The van der Waals surface area contributed by atoms with Crippen molar-refractivity contribution in [3.05, 3.63) is 76.5 Å². The van der Waals surface area contributed by atoms with E-state index in [-0.39, 0.29) is 5.56 Å². The normalized spacial score (nSPS) is 11.2. The van der Waals surface area contributed by atoms with Crippen molar-refractivity contribution in [1.29, 1.82) is 0 Å². The molecule has 1 N–H and O–H groups in total. The molecule has 4 aromatic rings. The highest BCUT2D eigenvalue weighted by Gasteiger charge is 2.06. The fourth-order valence-corrected chi connectivity index (χ4v) is 3.04. The zero-order valence-corrected chi connectivity index (χ0v) is 13.7. The molecule has 4 rings (SSSR count). The Hall–Kier alpha value is -3.08. The van der Waals surface area contributed by atoms with Crippen LogP contribution in [0.5, 0.6) is 0 Å². The van der Waals surface area contributed by atoms with Crippen molar-refractivity contribution in [2.75, 3.05) is 5.32 Å². The monoisotopic (exact) mass is 318 g/mol. The largest absolute Gasteiger partial charge is 0.379 e. The number of anilines is 1. The van der Waals surface area contributed by atoms with Crippen LogP contribution >= 0.6 is 0 Å². The van der Waals surface area contributed by atoms with Crippen molar-refractivity contribution in [3.8, 4) is 0 Å². The molecule has 24 heavy (non-hydrogen) atoms. The second-order valence-electron chi connectivity index (χ2n) is 5.99. The molecule has 0 radical (unpaired) electrons. The molecule has 0 aliphatic carbocycles. The molecular formula is C19H18N4O. The Morgan fingerprint density at radius 3 is 2.88 bits per heavy atom. The second-order valence-corrected chi connectivity index (χ2v) is 5.99. The first kappa shape index (κ1) is 14.5. The van der Waals surface area contributed by atoms with Crippen LogP contribution in [0.15, 0.2) is 59.7 Å². The zero-order valence-electron chi connectivity index (χ0n) is 13.7. The molecule has 0 aliphatic rings. The van der Waals surface area contributed by atoms with E-state index in [0.717, 1.165) is 22.3 Å². The number of aromatic nitrogens is 3. The third-order valence-corrected chi connectivity index (χ3v) is 4.33. The number of nitrogens with zero attached hydrogens (tertiary/aromatic N) is 3. The summed E-state index contributed by atoms with van der Waals surface area (Å²) in [5, 5.41) is 4.57. The molecule has 0 saturated heterocycles. The van der Waals surface area contributed by atoms with Gasteiger partial charge in [-0.2, -0.15) is 0 Å². The predicted octanol–water partition coefficient (Wildman–Crippen LogP) is 3.11. The number of hydrogen-bond acceptors (Lipinski definition) is 3. The van der Waals surface area contributed by atoms with Crippen LogP contribution in [0.2, 0.25) is 0 Å². The maximum atomic E-state index is 12.3. The number of pyridine rings is 1. The molecule has 5 nitrogen and oxygen atoms in total. The van der Waals surface area contributed by atoms with E-state index in [2.05, 4.69) is 27.0 Å². The van der Waals surface area contributed by atoms with Crippen LogP contribution in [-0.2, 0) is 13.6 Å². The number of hydrogen-bond donors (Lipinski definition) is 1. The quantitative estimate of drug-likeness (QED) is 0.631. The Balaban J connectivity index is 1.69. The molecule has 0 amide bonds. The van der Waals surface area contributed by atoms with Crippen LogP contribution in [0.3, 0.4) is 0 Å². The fourth-order valence-electron chi connectivity index (χ4n) is 3.04. The summed E-state index contributed by atoms with van der Waals surface area (Å²) in [6.07, 6.45) is 3.79. The second kappa shape index (κ2) is 5.53. The molecule has 1 aromatic carbocycles. The van der Waals surface area contributed by atoms with Crippen molar-refractivity contribution in [2.45, 2.75) is 13.5 Å². The molecule has 0 bridgehead atoms. The van der Waals surface area contributed by atoms with Crippen molar-refractivity contribution < 1.29 is 0 Å². The van der Waals surface area contributed by atoms with Gasteiger partial charge in [0.1, 0.15) is 5.65 Å². The first-order chi connectivity index (χ1) is 11.6. The van der Waals surface area contributed by atoms with E-state index >= 15 is 0 Å². The first-order valence-corrected chi connectivity index (χ1v) is 7.89. The lowest BCUT2D eigenvalue weighted by molar-refractivity contribution is 0.963. The Labute approximate surface area is 139 Å². The van der Waals surface area contributed by atoms with Gasteiger partial charge in [-0.15, -0.1) is 0 Å². The molecule has 3 heterocycles. The van der Waals surface area contributed by atoms with Crippen LogP contribution in [-0.4, -0.2) is 14.0 Å². The van der Waals surface area contributed by atoms with E-state index in [0.29, 0.717) is 12.2 Å². The lowest BCUT2D eigenvalue weighted by Gasteiger charge is -2.09. The Kier molecular flexibility index (Phi) is 3.34. The fraction of sp³-hybridized carbons (Fsp3) is 0.158. The van der Waals surface area contributed by atoms with Crippen molar-refractivity contribution in [3.63, 3.8) is 0 Å². The summed E-state index contributed by atoms with van der Waals surface area (Å²) in [7, 11) is 2.03. The summed E-state index contributed by atoms with van der Waals surface area (Å²) in [4.78, 5) is 16.9. The first-order valence-electron chi connectivity index (χ1n) is 7.89. The van der Waals surface area contributed by atoms with E-state index < -0.39 is 0 Å². The minimum absolute atomic E-state index is 0.0570. The van der Waals surface area contributed by atoms with Crippen molar-refractivity contribution in [1.82, 2.24) is 14.0 Å². The minimum Gasteiger partial charge on any atom is -0.379 e. The number of nitrogens with one attached hydrogen (secondary N) is 1. The summed E-state index contributed by atoms with van der Waals surface area (Å²) >= 11 is 0. The van der Waals surface area contributed by atoms with Gasteiger partial charge in [0.05, 0.1) is 12.2 Å². The topological polar surface area (TPSA) is 51.3 Å². The standard InChI is InChI=1S/C19H18N4O/c1-13-5-4-9-23-18(24)11-14(21-19(13)23)12-20-16-6-3-7-17-15(16)8-10-22(17)2/h3-11,20H,12H2,1-2H3. The van der Waals surface area contributed by atoms with E-state index in [1.807, 2.05) is 44.4 Å². The highest BCUT2D eigenvalue weighted by molar-refractivity contribution is 5.92. The van der Waals surface area contributed by atoms with Crippen LogP contribution in [0.1, 0.15) is 11.3 Å².